The van der Waals surface area contributed by atoms with Crippen LogP contribution in [0.4, 0.5) is 0 Å². The van der Waals surface area contributed by atoms with Gasteiger partial charge in [0.2, 0.25) is 0 Å². The van der Waals surface area contributed by atoms with Crippen LogP contribution in [0.5, 0.6) is 0 Å². The number of hydrogen-bond acceptors (Lipinski definition) is 3. The van der Waals surface area contributed by atoms with Crippen molar-refractivity contribution in [3.63, 3.8) is 0 Å². The first-order valence-electron chi connectivity index (χ1n) is 7.63. The number of hydrogen-bond donors (Lipinski definition) is 1. The van der Waals surface area contributed by atoms with Crippen molar-refractivity contribution in [2.45, 2.75) is 59.7 Å². The average Bonchev–Trinajstić information content (AvgIpc) is 2.84. The minimum atomic E-state index is 0.700. The normalized spacial score (nSPS) is 24.2. The van der Waals surface area contributed by atoms with E-state index >= 15 is 0 Å². The summed E-state index contributed by atoms with van der Waals surface area (Å²) in [4.78, 5) is 2.58. The first kappa shape index (κ1) is 14.6. The molecule has 0 radical (unpaired) electrons. The molecule has 0 bridgehead atoms. The Kier molecular flexibility index (Phi) is 5.06. The molecule has 0 spiro atoms. The van der Waals surface area contributed by atoms with Crippen LogP contribution in [0.25, 0.3) is 0 Å². The van der Waals surface area contributed by atoms with Crippen molar-refractivity contribution in [3.8, 4) is 0 Å². The van der Waals surface area contributed by atoms with Crippen LogP contribution in [0, 0.1) is 12.8 Å². The molecule has 19 heavy (non-hydrogen) atoms. The molecule has 1 aromatic rings. The van der Waals surface area contributed by atoms with E-state index in [4.69, 9.17) is 4.42 Å². The lowest BCUT2D eigenvalue weighted by atomic mass is 10.1. The molecule has 0 saturated carbocycles. The fourth-order valence-corrected chi connectivity index (χ4v) is 3.05. The second-order valence-electron chi connectivity index (χ2n) is 6.09. The third kappa shape index (κ3) is 3.83. The van der Waals surface area contributed by atoms with Gasteiger partial charge in [0.25, 0.3) is 0 Å². The van der Waals surface area contributed by atoms with E-state index in [1.54, 1.807) is 0 Å². The zero-order valence-electron chi connectivity index (χ0n) is 12.8. The lowest BCUT2D eigenvalue weighted by Gasteiger charge is -2.20. The SMILES string of the molecule is CCCNCc1cc(CN2CC(C)CC2C)c(C)o1. The van der Waals surface area contributed by atoms with E-state index in [-0.39, 0.29) is 0 Å². The van der Waals surface area contributed by atoms with E-state index in [1.165, 1.54) is 18.5 Å². The van der Waals surface area contributed by atoms with E-state index in [0.717, 1.165) is 43.5 Å². The highest BCUT2D eigenvalue weighted by Gasteiger charge is 2.26. The highest BCUT2D eigenvalue weighted by Crippen LogP contribution is 2.26. The molecule has 1 aliphatic rings. The van der Waals surface area contributed by atoms with E-state index < -0.39 is 0 Å². The minimum Gasteiger partial charge on any atom is -0.465 e. The third-order valence-electron chi connectivity index (χ3n) is 4.08. The van der Waals surface area contributed by atoms with Crippen LogP contribution in [0.3, 0.4) is 0 Å². The Morgan fingerprint density at radius 3 is 2.84 bits per heavy atom. The molecule has 2 rings (SSSR count). The van der Waals surface area contributed by atoms with Crippen molar-refractivity contribution >= 4 is 0 Å². The third-order valence-corrected chi connectivity index (χ3v) is 4.08. The molecule has 2 atom stereocenters. The summed E-state index contributed by atoms with van der Waals surface area (Å²) in [5.41, 5.74) is 1.36. The maximum Gasteiger partial charge on any atom is 0.118 e. The van der Waals surface area contributed by atoms with Crippen molar-refractivity contribution < 1.29 is 4.42 Å². The Labute approximate surface area is 117 Å². The summed E-state index contributed by atoms with van der Waals surface area (Å²) < 4.78 is 5.84. The fraction of sp³-hybridized carbons (Fsp3) is 0.750. The second-order valence-corrected chi connectivity index (χ2v) is 6.09. The van der Waals surface area contributed by atoms with Crippen LogP contribution < -0.4 is 5.32 Å². The lowest BCUT2D eigenvalue weighted by Crippen LogP contribution is -2.26. The number of rotatable bonds is 6. The molecule has 2 unspecified atom stereocenters. The predicted octanol–water partition coefficient (Wildman–Crippen LogP) is 3.32. The molecule has 3 nitrogen and oxygen atoms in total. The molecular weight excluding hydrogens is 236 g/mol. The number of nitrogens with zero attached hydrogens (tertiary/aromatic N) is 1. The Morgan fingerprint density at radius 2 is 2.21 bits per heavy atom. The fourth-order valence-electron chi connectivity index (χ4n) is 3.05. The van der Waals surface area contributed by atoms with Gasteiger partial charge in [-0.15, -0.1) is 0 Å². The first-order chi connectivity index (χ1) is 9.10. The van der Waals surface area contributed by atoms with Gasteiger partial charge in [-0.1, -0.05) is 13.8 Å². The van der Waals surface area contributed by atoms with Gasteiger partial charge >= 0.3 is 0 Å². The second kappa shape index (κ2) is 6.58. The smallest absolute Gasteiger partial charge is 0.118 e. The zero-order chi connectivity index (χ0) is 13.8. The van der Waals surface area contributed by atoms with Crippen molar-refractivity contribution in [2.75, 3.05) is 13.1 Å². The van der Waals surface area contributed by atoms with Gasteiger partial charge in [0.1, 0.15) is 11.5 Å². The van der Waals surface area contributed by atoms with Crippen LogP contribution in [0.2, 0.25) is 0 Å². The summed E-state index contributed by atoms with van der Waals surface area (Å²) in [6.45, 7) is 13.1. The van der Waals surface area contributed by atoms with Crippen molar-refractivity contribution in [1.82, 2.24) is 10.2 Å². The molecule has 1 aromatic heterocycles. The molecule has 1 saturated heterocycles. The summed E-state index contributed by atoms with van der Waals surface area (Å²) in [5, 5.41) is 3.39. The number of nitrogens with one attached hydrogen (secondary N) is 1. The maximum atomic E-state index is 5.84. The molecule has 0 amide bonds. The van der Waals surface area contributed by atoms with E-state index in [0.29, 0.717) is 6.04 Å². The Morgan fingerprint density at radius 1 is 1.42 bits per heavy atom. The molecule has 1 fully saturated rings. The predicted molar refractivity (Wildman–Crippen MR) is 79.1 cm³/mol. The molecule has 0 aliphatic carbocycles. The van der Waals surface area contributed by atoms with E-state index in [9.17, 15) is 0 Å². The van der Waals surface area contributed by atoms with Gasteiger partial charge in [-0.3, -0.25) is 4.90 Å². The standard InChI is InChI=1S/C16H28N2O/c1-5-6-17-9-16-8-15(14(4)19-16)11-18-10-12(2)7-13(18)3/h8,12-13,17H,5-7,9-11H2,1-4H3. The monoisotopic (exact) mass is 264 g/mol. The van der Waals surface area contributed by atoms with Crippen LogP contribution in [-0.4, -0.2) is 24.0 Å². The van der Waals surface area contributed by atoms with Gasteiger partial charge in [-0.25, -0.2) is 0 Å². The summed E-state index contributed by atoms with van der Waals surface area (Å²) in [6, 6.07) is 2.93. The number of aryl methyl sites for hydroxylation is 1. The van der Waals surface area contributed by atoms with Crippen LogP contribution in [0.15, 0.2) is 10.5 Å². The number of furan rings is 1. The van der Waals surface area contributed by atoms with Gasteiger partial charge in [-0.2, -0.15) is 0 Å². The molecule has 3 heteroatoms. The van der Waals surface area contributed by atoms with Crippen LogP contribution in [0.1, 0.15) is 50.7 Å². The molecular formula is C16H28N2O. The van der Waals surface area contributed by atoms with Crippen LogP contribution in [-0.2, 0) is 13.1 Å². The molecule has 2 heterocycles. The maximum absolute atomic E-state index is 5.84. The zero-order valence-corrected chi connectivity index (χ0v) is 12.8. The van der Waals surface area contributed by atoms with Gasteiger partial charge in [0, 0.05) is 24.7 Å². The molecule has 1 N–H and O–H groups in total. The van der Waals surface area contributed by atoms with Crippen LogP contribution >= 0.6 is 0 Å². The van der Waals surface area contributed by atoms with Gasteiger partial charge in [0.05, 0.1) is 6.54 Å². The van der Waals surface area contributed by atoms with Crippen molar-refractivity contribution in [2.24, 2.45) is 5.92 Å². The number of likely N-dealkylation sites (tertiary alicyclic amines) is 1. The van der Waals surface area contributed by atoms with Gasteiger partial charge < -0.3 is 9.73 Å². The molecule has 0 aromatic carbocycles. The lowest BCUT2D eigenvalue weighted by molar-refractivity contribution is 0.255. The van der Waals surface area contributed by atoms with E-state index in [1.807, 2.05) is 0 Å². The highest BCUT2D eigenvalue weighted by molar-refractivity contribution is 5.21. The van der Waals surface area contributed by atoms with Gasteiger partial charge in [-0.05, 0) is 45.2 Å². The largest absolute Gasteiger partial charge is 0.465 e. The summed E-state index contributed by atoms with van der Waals surface area (Å²) in [5.74, 6) is 2.98. The Hall–Kier alpha value is -0.800. The average molecular weight is 264 g/mol. The Bertz CT molecular complexity index is 399. The van der Waals surface area contributed by atoms with E-state index in [2.05, 4.69) is 44.0 Å². The topological polar surface area (TPSA) is 28.4 Å². The first-order valence-corrected chi connectivity index (χ1v) is 7.63. The summed E-state index contributed by atoms with van der Waals surface area (Å²) in [7, 11) is 0. The quantitative estimate of drug-likeness (QED) is 0.799. The van der Waals surface area contributed by atoms with Gasteiger partial charge in [0.15, 0.2) is 0 Å². The summed E-state index contributed by atoms with van der Waals surface area (Å²) >= 11 is 0. The molecule has 1 aliphatic heterocycles. The highest BCUT2D eigenvalue weighted by atomic mass is 16.3. The summed E-state index contributed by atoms with van der Waals surface area (Å²) in [6.07, 6.45) is 2.48. The molecule has 108 valence electrons. The Balaban J connectivity index is 1.93. The minimum absolute atomic E-state index is 0.700. The van der Waals surface area contributed by atoms with Crippen molar-refractivity contribution in [1.29, 1.82) is 0 Å². The van der Waals surface area contributed by atoms with Crippen molar-refractivity contribution in [3.05, 3.63) is 23.2 Å².